The lowest BCUT2D eigenvalue weighted by Gasteiger charge is -2.24. The second-order valence-electron chi connectivity index (χ2n) is 2.79. The summed E-state index contributed by atoms with van der Waals surface area (Å²) in [4.78, 5) is 18.9. The number of fused-ring (bicyclic) bond motifs is 1. The van der Waals surface area contributed by atoms with E-state index in [2.05, 4.69) is 15.3 Å². The second-order valence-corrected chi connectivity index (χ2v) is 4.19. The Balaban J connectivity index is 2.61. The van der Waals surface area contributed by atoms with Crippen LogP contribution in [0.15, 0.2) is 12.4 Å². The van der Waals surface area contributed by atoms with Gasteiger partial charge in [0.1, 0.15) is 5.69 Å². The van der Waals surface area contributed by atoms with Crippen molar-refractivity contribution in [3.05, 3.63) is 18.1 Å². The second kappa shape index (κ2) is 3.14. The molecule has 0 fully saturated rings. The van der Waals surface area contributed by atoms with Crippen molar-refractivity contribution in [2.24, 2.45) is 5.14 Å². The van der Waals surface area contributed by atoms with Gasteiger partial charge in [-0.3, -0.25) is 4.98 Å². The summed E-state index contributed by atoms with van der Waals surface area (Å²) in [5, 5.41) is 7.21. The van der Waals surface area contributed by atoms with Crippen LogP contribution in [0.4, 0.5) is 10.6 Å². The van der Waals surface area contributed by atoms with Crippen LogP contribution in [-0.4, -0.2) is 24.4 Å². The van der Waals surface area contributed by atoms with Crippen molar-refractivity contribution in [3.8, 4) is 0 Å². The first-order chi connectivity index (χ1) is 7.00. The molecule has 8 nitrogen and oxygen atoms in total. The predicted molar refractivity (Wildman–Crippen MR) is 49.9 cm³/mol. The SMILES string of the molecule is NS(=O)(=O)N1C(=O)NCc2nccnc21. The van der Waals surface area contributed by atoms with E-state index < -0.39 is 16.2 Å². The fourth-order valence-electron chi connectivity index (χ4n) is 1.22. The molecular weight excluding hydrogens is 222 g/mol. The number of nitrogens with one attached hydrogen (secondary N) is 1. The fraction of sp³-hybridized carbons (Fsp3) is 0.167. The number of rotatable bonds is 1. The molecule has 1 aliphatic rings. The van der Waals surface area contributed by atoms with Crippen LogP contribution in [-0.2, 0) is 16.8 Å². The monoisotopic (exact) mass is 229 g/mol. The van der Waals surface area contributed by atoms with E-state index >= 15 is 0 Å². The number of nitrogens with zero attached hydrogens (tertiary/aromatic N) is 3. The predicted octanol–water partition coefficient (Wildman–Crippen LogP) is -1.29. The minimum atomic E-state index is -4.17. The number of urea groups is 1. The standard InChI is InChI=1S/C6H7N5O3S/c7-15(13,14)11-5-4(3-10-6(11)12)8-1-2-9-5/h1-2H,3H2,(H,10,12)(H2,7,13,14). The number of anilines is 1. The molecule has 0 radical (unpaired) electrons. The van der Waals surface area contributed by atoms with Gasteiger partial charge in [0.15, 0.2) is 5.82 Å². The molecule has 0 saturated heterocycles. The summed E-state index contributed by atoms with van der Waals surface area (Å²) in [5.74, 6) is -0.0521. The summed E-state index contributed by atoms with van der Waals surface area (Å²) in [6.07, 6.45) is 2.69. The Bertz CT molecular complexity index is 513. The Kier molecular flexibility index (Phi) is 2.05. The zero-order valence-electron chi connectivity index (χ0n) is 7.41. The van der Waals surface area contributed by atoms with Gasteiger partial charge in [0.25, 0.3) is 0 Å². The molecule has 0 aliphatic carbocycles. The van der Waals surface area contributed by atoms with Crippen molar-refractivity contribution >= 4 is 22.1 Å². The maximum atomic E-state index is 11.3. The Labute approximate surface area is 85.3 Å². The number of hydrogen-bond donors (Lipinski definition) is 2. The number of carbonyl (C=O) groups is 1. The van der Waals surface area contributed by atoms with Gasteiger partial charge in [-0.05, 0) is 0 Å². The first-order valence-electron chi connectivity index (χ1n) is 3.91. The molecule has 3 N–H and O–H groups in total. The molecular formula is C6H7N5O3S. The topological polar surface area (TPSA) is 118 Å². The molecule has 9 heteroatoms. The molecule has 0 bridgehead atoms. The van der Waals surface area contributed by atoms with Crippen molar-refractivity contribution in [3.63, 3.8) is 0 Å². The third-order valence-electron chi connectivity index (χ3n) is 1.79. The molecule has 0 atom stereocenters. The van der Waals surface area contributed by atoms with E-state index in [1.807, 2.05) is 0 Å². The van der Waals surface area contributed by atoms with Gasteiger partial charge < -0.3 is 5.32 Å². The van der Waals surface area contributed by atoms with E-state index in [1.54, 1.807) is 0 Å². The molecule has 1 aromatic rings. The van der Waals surface area contributed by atoms with Crippen molar-refractivity contribution < 1.29 is 13.2 Å². The van der Waals surface area contributed by atoms with E-state index in [9.17, 15) is 13.2 Å². The minimum absolute atomic E-state index is 0.0521. The molecule has 2 rings (SSSR count). The maximum Gasteiger partial charge on any atom is 0.338 e. The van der Waals surface area contributed by atoms with Crippen LogP contribution in [0.5, 0.6) is 0 Å². The Morgan fingerprint density at radius 3 is 2.73 bits per heavy atom. The molecule has 0 saturated carbocycles. The molecule has 2 amide bonds. The summed E-state index contributed by atoms with van der Waals surface area (Å²) in [7, 11) is -4.17. The van der Waals surface area contributed by atoms with Gasteiger partial charge in [0, 0.05) is 12.4 Å². The lowest BCUT2D eigenvalue weighted by molar-refractivity contribution is 0.247. The first kappa shape index (κ1) is 9.80. The number of nitrogens with two attached hydrogens (primary N) is 1. The van der Waals surface area contributed by atoms with Crippen molar-refractivity contribution in [2.75, 3.05) is 4.31 Å². The lowest BCUT2D eigenvalue weighted by atomic mass is 10.3. The highest BCUT2D eigenvalue weighted by Gasteiger charge is 2.33. The zero-order chi connectivity index (χ0) is 11.1. The van der Waals surface area contributed by atoms with Crippen LogP contribution < -0.4 is 14.8 Å². The summed E-state index contributed by atoms with van der Waals surface area (Å²) in [6.45, 7) is 0.133. The van der Waals surface area contributed by atoms with Gasteiger partial charge in [-0.1, -0.05) is 0 Å². The third-order valence-corrected chi connectivity index (χ3v) is 2.64. The molecule has 80 valence electrons. The van der Waals surface area contributed by atoms with Gasteiger partial charge in [-0.2, -0.15) is 12.7 Å². The van der Waals surface area contributed by atoms with E-state index in [4.69, 9.17) is 5.14 Å². The van der Waals surface area contributed by atoms with Crippen LogP contribution in [0, 0.1) is 0 Å². The van der Waals surface area contributed by atoms with Crippen molar-refractivity contribution in [1.29, 1.82) is 0 Å². The molecule has 0 unspecified atom stereocenters. The van der Waals surface area contributed by atoms with Crippen LogP contribution in [0.3, 0.4) is 0 Å². The maximum absolute atomic E-state index is 11.3. The highest BCUT2D eigenvalue weighted by Crippen LogP contribution is 2.20. The number of aromatic nitrogens is 2. The Morgan fingerprint density at radius 1 is 1.40 bits per heavy atom. The van der Waals surface area contributed by atoms with Crippen molar-refractivity contribution in [1.82, 2.24) is 15.3 Å². The minimum Gasteiger partial charge on any atom is -0.331 e. The molecule has 0 spiro atoms. The fourth-order valence-corrected chi connectivity index (χ4v) is 1.91. The van der Waals surface area contributed by atoms with Crippen LogP contribution in [0.1, 0.15) is 5.69 Å². The number of hydrogen-bond acceptors (Lipinski definition) is 5. The van der Waals surface area contributed by atoms with Crippen LogP contribution >= 0.6 is 0 Å². The molecule has 15 heavy (non-hydrogen) atoms. The van der Waals surface area contributed by atoms with E-state index in [-0.39, 0.29) is 12.4 Å². The highest BCUT2D eigenvalue weighted by molar-refractivity contribution is 7.91. The third kappa shape index (κ3) is 1.62. The molecule has 1 aromatic heterocycles. The Morgan fingerprint density at radius 2 is 2.07 bits per heavy atom. The van der Waals surface area contributed by atoms with Gasteiger partial charge in [0.2, 0.25) is 0 Å². The number of carbonyl (C=O) groups excluding carboxylic acids is 1. The van der Waals surface area contributed by atoms with E-state index in [1.165, 1.54) is 12.4 Å². The normalized spacial score (nSPS) is 15.8. The smallest absolute Gasteiger partial charge is 0.331 e. The van der Waals surface area contributed by atoms with Crippen LogP contribution in [0.25, 0.3) is 0 Å². The van der Waals surface area contributed by atoms with E-state index in [0.29, 0.717) is 10.00 Å². The lowest BCUT2D eigenvalue weighted by Crippen LogP contribution is -2.50. The molecule has 1 aliphatic heterocycles. The summed E-state index contributed by atoms with van der Waals surface area (Å²) in [5.41, 5.74) is 0.353. The van der Waals surface area contributed by atoms with Crippen molar-refractivity contribution in [2.45, 2.75) is 6.54 Å². The summed E-state index contributed by atoms with van der Waals surface area (Å²) >= 11 is 0. The summed E-state index contributed by atoms with van der Waals surface area (Å²) < 4.78 is 22.7. The highest BCUT2D eigenvalue weighted by atomic mass is 32.2. The average molecular weight is 229 g/mol. The van der Waals surface area contributed by atoms with Crippen LogP contribution in [0.2, 0.25) is 0 Å². The Hall–Kier alpha value is -1.74. The zero-order valence-corrected chi connectivity index (χ0v) is 8.23. The van der Waals surface area contributed by atoms with Gasteiger partial charge in [-0.15, -0.1) is 0 Å². The largest absolute Gasteiger partial charge is 0.338 e. The van der Waals surface area contributed by atoms with Gasteiger partial charge in [-0.25, -0.2) is 14.9 Å². The first-order valence-corrected chi connectivity index (χ1v) is 5.41. The average Bonchev–Trinajstić information content (AvgIpc) is 2.15. The van der Waals surface area contributed by atoms with E-state index in [0.717, 1.165) is 0 Å². The van der Waals surface area contributed by atoms with Gasteiger partial charge in [0.05, 0.1) is 6.54 Å². The number of amides is 2. The summed E-state index contributed by atoms with van der Waals surface area (Å²) in [6, 6.07) is -0.828. The molecule has 0 aromatic carbocycles. The van der Waals surface area contributed by atoms with Gasteiger partial charge >= 0.3 is 16.2 Å². The quantitative estimate of drug-likeness (QED) is 0.621. The molecule has 2 heterocycles.